The maximum atomic E-state index is 11.6. The van der Waals surface area contributed by atoms with Gasteiger partial charge in [-0.25, -0.2) is 9.78 Å². The average Bonchev–Trinajstić information content (AvgIpc) is 2.38. The largest absolute Gasteiger partial charge is 0.444 e. The topological polar surface area (TPSA) is 93.2 Å². The Morgan fingerprint density at radius 1 is 1.38 bits per heavy atom. The second-order valence-corrected chi connectivity index (χ2v) is 5.99. The fourth-order valence-corrected chi connectivity index (χ4v) is 2.01. The predicted molar refractivity (Wildman–Crippen MR) is 76.9 cm³/mol. The molecule has 114 valence electrons. The van der Waals surface area contributed by atoms with Crippen LogP contribution in [0.4, 0.5) is 10.6 Å². The Labute approximate surface area is 123 Å². The zero-order chi connectivity index (χ0) is 15.5. The highest BCUT2D eigenvalue weighted by Crippen LogP contribution is 2.21. The molecule has 7 nitrogen and oxygen atoms in total. The van der Waals surface area contributed by atoms with Gasteiger partial charge in [0.1, 0.15) is 5.60 Å². The minimum Gasteiger partial charge on any atom is -0.444 e. The van der Waals surface area contributed by atoms with E-state index in [2.05, 4.69) is 20.6 Å². The van der Waals surface area contributed by atoms with Gasteiger partial charge in [0.15, 0.2) is 5.82 Å². The van der Waals surface area contributed by atoms with Crippen molar-refractivity contribution in [2.24, 2.45) is 0 Å². The van der Waals surface area contributed by atoms with E-state index in [-0.39, 0.29) is 11.8 Å². The molecule has 1 aromatic rings. The number of nitrogens with zero attached hydrogens (tertiary/aromatic N) is 2. The summed E-state index contributed by atoms with van der Waals surface area (Å²) in [6.07, 6.45) is 3.82. The van der Waals surface area contributed by atoms with Gasteiger partial charge >= 0.3 is 6.09 Å². The molecule has 0 aliphatic carbocycles. The molecule has 1 saturated heterocycles. The molecular weight excluding hydrogens is 272 g/mol. The number of rotatable bonds is 2. The van der Waals surface area contributed by atoms with Crippen molar-refractivity contribution in [2.75, 3.05) is 11.9 Å². The van der Waals surface area contributed by atoms with E-state index < -0.39 is 11.7 Å². The molecule has 2 heterocycles. The molecule has 7 heteroatoms. The quantitative estimate of drug-likeness (QED) is 0.867. The number of hydrogen-bond donors (Lipinski definition) is 2. The Morgan fingerprint density at radius 3 is 2.67 bits per heavy atom. The highest BCUT2D eigenvalue weighted by atomic mass is 16.6. The third-order valence-electron chi connectivity index (χ3n) is 2.98. The SMILES string of the molecule is CC(C)(C)OC(=O)Nc1cnc([C@H]2CCC(=O)NC2)cn1. The Kier molecular flexibility index (Phi) is 4.40. The number of amides is 2. The fourth-order valence-electron chi connectivity index (χ4n) is 2.01. The summed E-state index contributed by atoms with van der Waals surface area (Å²) in [5, 5.41) is 5.34. The van der Waals surface area contributed by atoms with E-state index >= 15 is 0 Å². The maximum absolute atomic E-state index is 11.6. The zero-order valence-electron chi connectivity index (χ0n) is 12.5. The second kappa shape index (κ2) is 6.07. The molecular formula is C14H20N4O3. The minimum atomic E-state index is -0.561. The number of piperidine rings is 1. The van der Waals surface area contributed by atoms with Crippen molar-refractivity contribution >= 4 is 17.8 Å². The van der Waals surface area contributed by atoms with Gasteiger partial charge < -0.3 is 10.1 Å². The van der Waals surface area contributed by atoms with Crippen LogP contribution in [0, 0.1) is 0 Å². The van der Waals surface area contributed by atoms with E-state index in [1.165, 1.54) is 6.20 Å². The van der Waals surface area contributed by atoms with Crippen LogP contribution >= 0.6 is 0 Å². The number of nitrogens with one attached hydrogen (secondary N) is 2. The Morgan fingerprint density at radius 2 is 2.14 bits per heavy atom. The van der Waals surface area contributed by atoms with E-state index in [0.717, 1.165) is 12.1 Å². The van der Waals surface area contributed by atoms with Crippen LogP contribution in [0.5, 0.6) is 0 Å². The first-order chi connectivity index (χ1) is 9.83. The number of hydrogen-bond acceptors (Lipinski definition) is 5. The van der Waals surface area contributed by atoms with Crippen LogP contribution in [0.25, 0.3) is 0 Å². The summed E-state index contributed by atoms with van der Waals surface area (Å²) >= 11 is 0. The molecule has 2 rings (SSSR count). The summed E-state index contributed by atoms with van der Waals surface area (Å²) < 4.78 is 5.13. The molecule has 1 fully saturated rings. The van der Waals surface area contributed by atoms with E-state index in [0.29, 0.717) is 18.8 Å². The van der Waals surface area contributed by atoms with Crippen molar-refractivity contribution < 1.29 is 14.3 Å². The van der Waals surface area contributed by atoms with Crippen molar-refractivity contribution in [1.29, 1.82) is 0 Å². The lowest BCUT2D eigenvalue weighted by atomic mass is 9.96. The molecule has 0 unspecified atom stereocenters. The first-order valence-electron chi connectivity index (χ1n) is 6.92. The van der Waals surface area contributed by atoms with Gasteiger partial charge in [-0.15, -0.1) is 0 Å². The first-order valence-corrected chi connectivity index (χ1v) is 6.92. The molecule has 0 spiro atoms. The Hall–Kier alpha value is -2.18. The summed E-state index contributed by atoms with van der Waals surface area (Å²) in [7, 11) is 0. The van der Waals surface area contributed by atoms with Gasteiger partial charge in [0, 0.05) is 18.9 Å². The van der Waals surface area contributed by atoms with Gasteiger partial charge in [0.25, 0.3) is 0 Å². The third kappa shape index (κ3) is 4.70. The summed E-state index contributed by atoms with van der Waals surface area (Å²) in [5.74, 6) is 0.584. The van der Waals surface area contributed by atoms with Gasteiger partial charge in [-0.2, -0.15) is 0 Å². The molecule has 0 radical (unpaired) electrons. The normalized spacial score (nSPS) is 18.8. The Bertz CT molecular complexity index is 512. The van der Waals surface area contributed by atoms with Crippen LogP contribution in [0.3, 0.4) is 0 Å². The highest BCUT2D eigenvalue weighted by Gasteiger charge is 2.21. The number of aromatic nitrogens is 2. The van der Waals surface area contributed by atoms with Crippen molar-refractivity contribution in [3.63, 3.8) is 0 Å². The van der Waals surface area contributed by atoms with Crippen LogP contribution < -0.4 is 10.6 Å². The van der Waals surface area contributed by atoms with E-state index in [1.54, 1.807) is 27.0 Å². The van der Waals surface area contributed by atoms with Crippen LogP contribution in [0.15, 0.2) is 12.4 Å². The number of ether oxygens (including phenoxy) is 1. The van der Waals surface area contributed by atoms with Crippen molar-refractivity contribution in [3.8, 4) is 0 Å². The lowest BCUT2D eigenvalue weighted by molar-refractivity contribution is -0.122. The average molecular weight is 292 g/mol. The van der Waals surface area contributed by atoms with Crippen molar-refractivity contribution in [3.05, 3.63) is 18.1 Å². The van der Waals surface area contributed by atoms with Crippen molar-refractivity contribution in [1.82, 2.24) is 15.3 Å². The second-order valence-electron chi connectivity index (χ2n) is 5.99. The van der Waals surface area contributed by atoms with E-state index in [1.807, 2.05) is 0 Å². The highest BCUT2D eigenvalue weighted by molar-refractivity contribution is 5.83. The zero-order valence-corrected chi connectivity index (χ0v) is 12.5. The van der Waals surface area contributed by atoms with Gasteiger partial charge in [-0.05, 0) is 27.2 Å². The molecule has 2 N–H and O–H groups in total. The molecule has 21 heavy (non-hydrogen) atoms. The van der Waals surface area contributed by atoms with Crippen molar-refractivity contribution in [2.45, 2.75) is 45.1 Å². The summed E-state index contributed by atoms with van der Waals surface area (Å²) in [6, 6.07) is 0. The molecule has 1 atom stereocenters. The van der Waals surface area contributed by atoms with Crippen LogP contribution in [0.2, 0.25) is 0 Å². The molecule has 1 aromatic heterocycles. The number of carbonyl (C=O) groups is 2. The Balaban J connectivity index is 1.93. The summed E-state index contributed by atoms with van der Waals surface area (Å²) in [4.78, 5) is 31.2. The first kappa shape index (κ1) is 15.2. The molecule has 1 aliphatic rings. The monoisotopic (exact) mass is 292 g/mol. The molecule has 0 saturated carbocycles. The molecule has 0 aromatic carbocycles. The molecule has 0 bridgehead atoms. The lowest BCUT2D eigenvalue weighted by Crippen LogP contribution is -2.34. The smallest absolute Gasteiger partial charge is 0.413 e. The van der Waals surface area contributed by atoms with Crippen LogP contribution in [0.1, 0.15) is 45.2 Å². The predicted octanol–water partition coefficient (Wildman–Crippen LogP) is 1.82. The summed E-state index contributed by atoms with van der Waals surface area (Å²) in [6.45, 7) is 5.95. The summed E-state index contributed by atoms with van der Waals surface area (Å²) in [5.41, 5.74) is 0.252. The molecule has 2 amide bonds. The van der Waals surface area contributed by atoms with E-state index in [9.17, 15) is 9.59 Å². The third-order valence-corrected chi connectivity index (χ3v) is 2.98. The number of carbonyl (C=O) groups excluding carboxylic acids is 2. The number of anilines is 1. The van der Waals surface area contributed by atoms with Gasteiger partial charge in [0.2, 0.25) is 5.91 Å². The van der Waals surface area contributed by atoms with Gasteiger partial charge in [-0.3, -0.25) is 15.1 Å². The van der Waals surface area contributed by atoms with Gasteiger partial charge in [-0.1, -0.05) is 0 Å². The minimum absolute atomic E-state index is 0.0717. The fraction of sp³-hybridized carbons (Fsp3) is 0.571. The standard InChI is InChI=1S/C14H20N4O3/c1-14(2,3)21-13(20)18-11-8-15-10(7-16-11)9-4-5-12(19)17-6-9/h7-9H,4-6H2,1-3H3,(H,17,19)(H,16,18,20)/t9-/m0/s1. The lowest BCUT2D eigenvalue weighted by Gasteiger charge is -2.22. The van der Waals surface area contributed by atoms with Crippen LogP contribution in [-0.4, -0.2) is 34.1 Å². The van der Waals surface area contributed by atoms with Gasteiger partial charge in [0.05, 0.1) is 18.1 Å². The molecule has 1 aliphatic heterocycles. The maximum Gasteiger partial charge on any atom is 0.413 e. The van der Waals surface area contributed by atoms with Crippen LogP contribution in [-0.2, 0) is 9.53 Å². The van der Waals surface area contributed by atoms with E-state index in [4.69, 9.17) is 4.74 Å².